The van der Waals surface area contributed by atoms with E-state index in [0.29, 0.717) is 18.0 Å². The van der Waals surface area contributed by atoms with Gasteiger partial charge >= 0.3 is 0 Å². The number of para-hydroxylation sites is 2. The van der Waals surface area contributed by atoms with Gasteiger partial charge in [0.2, 0.25) is 0 Å². The number of nitrogens with one attached hydrogen (secondary N) is 2. The summed E-state index contributed by atoms with van der Waals surface area (Å²) in [6, 6.07) is 13.0. The summed E-state index contributed by atoms with van der Waals surface area (Å²) in [6.07, 6.45) is 1.77. The van der Waals surface area contributed by atoms with Crippen LogP contribution in [0, 0.1) is 6.92 Å². The second-order valence-corrected chi connectivity index (χ2v) is 7.09. The van der Waals surface area contributed by atoms with Gasteiger partial charge in [0.25, 0.3) is 5.56 Å². The maximum absolute atomic E-state index is 11.9. The van der Waals surface area contributed by atoms with Crippen LogP contribution in [0.15, 0.2) is 52.3 Å². The number of unbranched alkanes of at least 4 members (excludes halogenated alkanes) is 1. The lowest BCUT2D eigenvalue weighted by atomic mass is 10.3. The molecule has 8 heteroatoms. The predicted molar refractivity (Wildman–Crippen MR) is 137 cm³/mol. The number of methoxy groups -OCH3 is 1. The van der Waals surface area contributed by atoms with Crippen molar-refractivity contribution in [1.29, 1.82) is 0 Å². The van der Waals surface area contributed by atoms with Crippen LogP contribution in [0.5, 0.6) is 11.5 Å². The quantitative estimate of drug-likeness (QED) is 0.197. The topological polar surface area (TPSA) is 76.9 Å². The van der Waals surface area contributed by atoms with Crippen LogP contribution in [-0.4, -0.2) is 43.4 Å². The van der Waals surface area contributed by atoms with Crippen LogP contribution in [0.4, 0.5) is 0 Å². The molecule has 31 heavy (non-hydrogen) atoms. The SMILES string of the molecule is CCNC(=NCC(C)Oc1ccccc1OC)NCCCCn1c(C)cccc1=O.I. The van der Waals surface area contributed by atoms with Gasteiger partial charge in [-0.3, -0.25) is 4.79 Å². The Balaban J connectivity index is 0.00000480. The molecule has 0 saturated heterocycles. The van der Waals surface area contributed by atoms with E-state index >= 15 is 0 Å². The maximum atomic E-state index is 11.9. The Hall–Kier alpha value is -2.23. The van der Waals surface area contributed by atoms with Crippen molar-refractivity contribution < 1.29 is 9.47 Å². The fourth-order valence-corrected chi connectivity index (χ4v) is 3.04. The highest BCUT2D eigenvalue weighted by Crippen LogP contribution is 2.26. The highest BCUT2D eigenvalue weighted by Gasteiger charge is 2.08. The zero-order valence-electron chi connectivity index (χ0n) is 18.9. The largest absolute Gasteiger partial charge is 0.493 e. The molecule has 172 valence electrons. The molecule has 1 atom stereocenters. The number of pyridine rings is 1. The monoisotopic (exact) mass is 542 g/mol. The third kappa shape index (κ3) is 9.20. The third-order valence-corrected chi connectivity index (χ3v) is 4.62. The predicted octanol–water partition coefficient (Wildman–Crippen LogP) is 3.59. The van der Waals surface area contributed by atoms with Gasteiger partial charge in [-0.15, -0.1) is 24.0 Å². The molecule has 2 rings (SSSR count). The van der Waals surface area contributed by atoms with Gasteiger partial charge in [-0.2, -0.15) is 0 Å². The minimum absolute atomic E-state index is 0. The number of benzene rings is 1. The van der Waals surface area contributed by atoms with Gasteiger partial charge in [-0.05, 0) is 51.8 Å². The molecule has 2 aromatic rings. The number of aromatic nitrogens is 1. The van der Waals surface area contributed by atoms with E-state index in [1.54, 1.807) is 19.2 Å². The Bertz CT molecular complexity index is 870. The maximum Gasteiger partial charge on any atom is 0.250 e. The van der Waals surface area contributed by atoms with E-state index in [-0.39, 0.29) is 35.6 Å². The van der Waals surface area contributed by atoms with E-state index in [0.717, 1.165) is 44.1 Å². The van der Waals surface area contributed by atoms with Crippen molar-refractivity contribution in [3.8, 4) is 11.5 Å². The number of nitrogens with zero attached hydrogens (tertiary/aromatic N) is 2. The van der Waals surface area contributed by atoms with Gasteiger partial charge in [0.05, 0.1) is 13.7 Å². The normalized spacial score (nSPS) is 11.9. The summed E-state index contributed by atoms with van der Waals surface area (Å²) in [5.41, 5.74) is 1.05. The number of halogens is 1. The van der Waals surface area contributed by atoms with E-state index < -0.39 is 0 Å². The lowest BCUT2D eigenvalue weighted by Crippen LogP contribution is -2.38. The number of aryl methyl sites for hydroxylation is 1. The zero-order valence-corrected chi connectivity index (χ0v) is 21.2. The number of ether oxygens (including phenoxy) is 2. The number of aliphatic imine (C=N–C) groups is 1. The number of rotatable bonds is 11. The van der Waals surface area contributed by atoms with Crippen molar-refractivity contribution >= 4 is 29.9 Å². The Kier molecular flexibility index (Phi) is 12.7. The first kappa shape index (κ1) is 26.8. The first-order chi connectivity index (χ1) is 14.5. The Morgan fingerprint density at radius 1 is 1.10 bits per heavy atom. The third-order valence-electron chi connectivity index (χ3n) is 4.62. The molecule has 1 unspecified atom stereocenters. The van der Waals surface area contributed by atoms with Gasteiger partial charge in [0.15, 0.2) is 17.5 Å². The van der Waals surface area contributed by atoms with Crippen LogP contribution in [0.3, 0.4) is 0 Å². The second kappa shape index (κ2) is 14.7. The lowest BCUT2D eigenvalue weighted by Gasteiger charge is -2.17. The van der Waals surface area contributed by atoms with Crippen LogP contribution in [-0.2, 0) is 6.54 Å². The lowest BCUT2D eigenvalue weighted by molar-refractivity contribution is 0.219. The fourth-order valence-electron chi connectivity index (χ4n) is 3.04. The molecule has 2 N–H and O–H groups in total. The second-order valence-electron chi connectivity index (χ2n) is 7.09. The molecular formula is C23H35IN4O3. The summed E-state index contributed by atoms with van der Waals surface area (Å²) < 4.78 is 13.1. The van der Waals surface area contributed by atoms with E-state index in [4.69, 9.17) is 9.47 Å². The molecule has 0 radical (unpaired) electrons. The summed E-state index contributed by atoms with van der Waals surface area (Å²) in [4.78, 5) is 16.5. The molecule has 0 saturated carbocycles. The molecule has 0 aliphatic rings. The van der Waals surface area contributed by atoms with Crippen LogP contribution >= 0.6 is 24.0 Å². The van der Waals surface area contributed by atoms with Crippen molar-refractivity contribution in [3.05, 3.63) is 58.5 Å². The van der Waals surface area contributed by atoms with Crippen molar-refractivity contribution in [3.63, 3.8) is 0 Å². The van der Waals surface area contributed by atoms with Crippen molar-refractivity contribution in [2.24, 2.45) is 4.99 Å². The molecule has 0 aliphatic heterocycles. The van der Waals surface area contributed by atoms with E-state index in [2.05, 4.69) is 15.6 Å². The van der Waals surface area contributed by atoms with E-state index in [1.165, 1.54) is 0 Å². The van der Waals surface area contributed by atoms with Crippen molar-refractivity contribution in [2.75, 3.05) is 26.7 Å². The smallest absolute Gasteiger partial charge is 0.250 e. The molecule has 0 bridgehead atoms. The molecule has 0 amide bonds. The van der Waals surface area contributed by atoms with Gasteiger partial charge in [-0.25, -0.2) is 4.99 Å². The zero-order chi connectivity index (χ0) is 21.8. The summed E-state index contributed by atoms with van der Waals surface area (Å²) in [5.74, 6) is 2.19. The Morgan fingerprint density at radius 2 is 1.84 bits per heavy atom. The van der Waals surface area contributed by atoms with Crippen LogP contribution < -0.4 is 25.7 Å². The van der Waals surface area contributed by atoms with E-state index in [1.807, 2.05) is 55.7 Å². The average Bonchev–Trinajstić information content (AvgIpc) is 2.74. The minimum Gasteiger partial charge on any atom is -0.493 e. The van der Waals surface area contributed by atoms with Gasteiger partial charge in [0, 0.05) is 31.4 Å². The summed E-state index contributed by atoms with van der Waals surface area (Å²) in [6.45, 7) is 8.80. The van der Waals surface area contributed by atoms with Crippen molar-refractivity contribution in [2.45, 2.75) is 46.3 Å². The average molecular weight is 542 g/mol. The molecule has 0 spiro atoms. The van der Waals surface area contributed by atoms with Crippen LogP contribution in [0.1, 0.15) is 32.4 Å². The highest BCUT2D eigenvalue weighted by atomic mass is 127. The molecular weight excluding hydrogens is 507 g/mol. The standard InChI is InChI=1S/C23H34N4O3.HI/c1-5-24-23(25-15-8-9-16-27-18(2)11-10-14-22(27)28)26-17-19(3)30-21-13-7-6-12-20(21)29-4;/h6-7,10-14,19H,5,8-9,15-17H2,1-4H3,(H2,24,25,26);1H. The van der Waals surface area contributed by atoms with E-state index in [9.17, 15) is 4.79 Å². The molecule has 1 aromatic heterocycles. The molecule has 0 fully saturated rings. The number of hydrogen-bond donors (Lipinski definition) is 2. The number of hydrogen-bond acceptors (Lipinski definition) is 4. The summed E-state index contributed by atoms with van der Waals surface area (Å²) >= 11 is 0. The number of guanidine groups is 1. The summed E-state index contributed by atoms with van der Waals surface area (Å²) in [5, 5.41) is 6.60. The first-order valence-electron chi connectivity index (χ1n) is 10.5. The Labute approximate surface area is 202 Å². The molecule has 1 aromatic carbocycles. The summed E-state index contributed by atoms with van der Waals surface area (Å²) in [7, 11) is 1.63. The molecule has 1 heterocycles. The van der Waals surface area contributed by atoms with Crippen molar-refractivity contribution in [1.82, 2.24) is 15.2 Å². The molecule has 7 nitrogen and oxygen atoms in total. The fraction of sp³-hybridized carbons (Fsp3) is 0.478. The van der Waals surface area contributed by atoms with Crippen LogP contribution in [0.2, 0.25) is 0 Å². The minimum atomic E-state index is -0.0929. The highest BCUT2D eigenvalue weighted by molar-refractivity contribution is 14.0. The first-order valence-corrected chi connectivity index (χ1v) is 10.5. The van der Waals surface area contributed by atoms with Gasteiger partial charge in [0.1, 0.15) is 6.10 Å². The van der Waals surface area contributed by atoms with Crippen LogP contribution in [0.25, 0.3) is 0 Å². The van der Waals surface area contributed by atoms with Gasteiger partial charge < -0.3 is 24.7 Å². The Morgan fingerprint density at radius 3 is 2.52 bits per heavy atom. The molecule has 0 aliphatic carbocycles. The van der Waals surface area contributed by atoms with Gasteiger partial charge in [-0.1, -0.05) is 18.2 Å².